The maximum absolute atomic E-state index is 15.1. The van der Waals surface area contributed by atoms with Gasteiger partial charge in [0.25, 0.3) is 0 Å². The molecule has 0 amide bonds. The van der Waals surface area contributed by atoms with Crippen LogP contribution in [0.1, 0.15) is 55.6 Å². The molecule has 0 aliphatic heterocycles. The van der Waals surface area contributed by atoms with Crippen molar-refractivity contribution in [2.75, 3.05) is 4.90 Å². The van der Waals surface area contributed by atoms with Crippen molar-refractivity contribution in [3.63, 3.8) is 0 Å². The van der Waals surface area contributed by atoms with E-state index in [1.54, 1.807) is 24.3 Å². The van der Waals surface area contributed by atoms with Crippen LogP contribution in [0.5, 0.6) is 23.0 Å². The first-order valence-electron chi connectivity index (χ1n) is 25.7. The van der Waals surface area contributed by atoms with Crippen LogP contribution in [-0.2, 0) is 10.8 Å². The molecule has 0 saturated heterocycles. The summed E-state index contributed by atoms with van der Waals surface area (Å²) in [5, 5.41) is 0. The maximum atomic E-state index is 15.1. The Morgan fingerprint density at radius 2 is 0.636 bits per heavy atom. The van der Waals surface area contributed by atoms with E-state index in [1.807, 2.05) is 115 Å². The molecule has 2 aliphatic rings. The van der Waals surface area contributed by atoms with Gasteiger partial charge in [-0.3, -0.25) is 0 Å². The second-order valence-corrected chi connectivity index (χ2v) is 19.5. The summed E-state index contributed by atoms with van der Waals surface area (Å²) < 4.78 is 42.9. The first kappa shape index (κ1) is 46.9. The molecule has 368 valence electrons. The van der Waals surface area contributed by atoms with Crippen molar-refractivity contribution >= 4 is 29.2 Å². The van der Waals surface area contributed by atoms with E-state index in [0.717, 1.165) is 106 Å². The number of rotatable bonds is 13. The summed E-state index contributed by atoms with van der Waals surface area (Å²) >= 11 is 0. The van der Waals surface area contributed by atoms with Crippen molar-refractivity contribution in [2.24, 2.45) is 0 Å². The number of para-hydroxylation sites is 1. The van der Waals surface area contributed by atoms with Gasteiger partial charge in [0, 0.05) is 17.1 Å². The van der Waals surface area contributed by atoms with Gasteiger partial charge >= 0.3 is 0 Å². The Morgan fingerprint density at radius 3 is 1.01 bits per heavy atom. The summed E-state index contributed by atoms with van der Waals surface area (Å²) in [4.78, 5) is 2.32. The van der Waals surface area contributed by atoms with Crippen molar-refractivity contribution in [1.82, 2.24) is 0 Å². The number of anilines is 3. The number of benzene rings is 11. The number of fused-ring (bicyclic) bond motifs is 6. The monoisotopic (exact) mass is 997 g/mol. The zero-order valence-corrected chi connectivity index (χ0v) is 41.9. The second kappa shape index (κ2) is 19.1. The molecule has 2 unspecified atom stereocenters. The molecule has 11 aromatic carbocycles. The summed E-state index contributed by atoms with van der Waals surface area (Å²) in [7, 11) is 0. The van der Waals surface area contributed by atoms with E-state index < -0.39 is 10.8 Å². The predicted molar refractivity (Wildman–Crippen MR) is 309 cm³/mol. The largest absolute Gasteiger partial charge is 0.457 e. The predicted octanol–water partition coefficient (Wildman–Crippen LogP) is 19.0. The Kier molecular flexibility index (Phi) is 11.7. The van der Waals surface area contributed by atoms with Crippen molar-refractivity contribution in [3.8, 4) is 45.3 Å². The van der Waals surface area contributed by atoms with Crippen molar-refractivity contribution in [2.45, 2.75) is 10.8 Å². The molecule has 2 aliphatic carbocycles. The molecule has 0 aromatic heterocycles. The number of hydrogen-bond acceptors (Lipinski definition) is 3. The summed E-state index contributed by atoms with van der Waals surface area (Å²) in [6.07, 6.45) is 3.62. The van der Waals surface area contributed by atoms with E-state index in [9.17, 15) is 0 Å². The quantitative estimate of drug-likeness (QED) is 0.115. The molecule has 0 spiro atoms. The van der Waals surface area contributed by atoms with E-state index in [0.29, 0.717) is 11.5 Å². The molecule has 13 rings (SSSR count). The lowest BCUT2D eigenvalue weighted by atomic mass is 9.67. The van der Waals surface area contributed by atoms with E-state index >= 15 is 8.78 Å². The van der Waals surface area contributed by atoms with Crippen LogP contribution < -0.4 is 14.4 Å². The van der Waals surface area contributed by atoms with Crippen LogP contribution in [-0.4, -0.2) is 0 Å². The molecule has 11 aromatic rings. The summed E-state index contributed by atoms with van der Waals surface area (Å²) in [6, 6.07) is 87.2. The molecule has 0 fully saturated rings. The lowest BCUT2D eigenvalue weighted by Gasteiger charge is -2.36. The molecule has 2 atom stereocenters. The highest BCUT2D eigenvalue weighted by Gasteiger charge is 2.48. The fourth-order valence-corrected chi connectivity index (χ4v) is 12.0. The van der Waals surface area contributed by atoms with E-state index in [4.69, 9.17) is 9.47 Å². The van der Waals surface area contributed by atoms with Crippen LogP contribution in [0, 0.1) is 11.6 Å². The zero-order chi connectivity index (χ0) is 52.1. The van der Waals surface area contributed by atoms with Gasteiger partial charge in [-0.15, -0.1) is 0 Å². The third-order valence-electron chi connectivity index (χ3n) is 15.4. The Hall–Kier alpha value is -9.84. The van der Waals surface area contributed by atoms with Crippen LogP contribution in [0.15, 0.2) is 274 Å². The lowest BCUT2D eigenvalue weighted by Crippen LogP contribution is -2.29. The van der Waals surface area contributed by atoms with E-state index in [-0.39, 0.29) is 11.6 Å². The Morgan fingerprint density at radius 1 is 0.312 bits per heavy atom. The van der Waals surface area contributed by atoms with Gasteiger partial charge in [-0.1, -0.05) is 177 Å². The zero-order valence-electron chi connectivity index (χ0n) is 41.9. The highest BCUT2D eigenvalue weighted by molar-refractivity contribution is 5.92. The minimum absolute atomic E-state index is 0.305. The summed E-state index contributed by atoms with van der Waals surface area (Å²) in [5.74, 6) is 2.22. The molecule has 3 nitrogen and oxygen atoms in total. The molecule has 77 heavy (non-hydrogen) atoms. The van der Waals surface area contributed by atoms with Gasteiger partial charge in [0.05, 0.1) is 10.8 Å². The van der Waals surface area contributed by atoms with Crippen LogP contribution in [0.25, 0.3) is 34.4 Å². The third-order valence-corrected chi connectivity index (χ3v) is 15.4. The molecule has 0 bridgehead atoms. The molecule has 0 heterocycles. The lowest BCUT2D eigenvalue weighted by molar-refractivity contribution is 0.482. The molecule has 0 saturated carbocycles. The molecule has 0 radical (unpaired) electrons. The number of hydrogen-bond donors (Lipinski definition) is 0. The number of halogens is 2. The number of nitrogens with zero attached hydrogens (tertiary/aromatic N) is 1. The second-order valence-electron chi connectivity index (χ2n) is 19.5. The van der Waals surface area contributed by atoms with Gasteiger partial charge in [0.15, 0.2) is 0 Å². The molecular formula is C72H49F2NO2. The van der Waals surface area contributed by atoms with Crippen molar-refractivity contribution in [3.05, 3.63) is 341 Å². The maximum Gasteiger partial charge on any atom is 0.127 e. The van der Waals surface area contributed by atoms with Crippen LogP contribution in [0.2, 0.25) is 0 Å². The Bertz CT molecular complexity index is 3760. The van der Waals surface area contributed by atoms with Crippen LogP contribution in [0.4, 0.5) is 25.8 Å². The minimum atomic E-state index is -0.857. The standard InChI is InChI=1S/C72H49F2NO2/c1-3-48-18-36-59(37-19-48)76-61-40-26-52(27-41-61)71(50-22-30-54(73)31-23-50)67-16-10-8-14-63(67)65-44-34-57(46-69(65)71)75(56-12-6-5-7-13-56)58-35-45-66-64-15-9-11-17-68(64)72(70(66)47-58,51-24-32-55(74)33-25-51)53-28-42-62(43-29-53)77-60-38-20-49(4-2)21-39-60/h3-47H,1-2H2. The van der Waals surface area contributed by atoms with Gasteiger partial charge in [0.2, 0.25) is 0 Å². The fourth-order valence-electron chi connectivity index (χ4n) is 12.0. The molecular weight excluding hydrogens is 949 g/mol. The Labute approximate surface area is 447 Å². The normalized spacial score (nSPS) is 15.6. The first-order valence-corrected chi connectivity index (χ1v) is 25.7. The van der Waals surface area contributed by atoms with Gasteiger partial charge < -0.3 is 14.4 Å². The average Bonchev–Trinajstić information content (AvgIpc) is 4.20. The Balaban J connectivity index is 0.992. The van der Waals surface area contributed by atoms with Gasteiger partial charge in [-0.2, -0.15) is 0 Å². The highest BCUT2D eigenvalue weighted by Crippen LogP contribution is 2.60. The van der Waals surface area contributed by atoms with E-state index in [2.05, 4.69) is 152 Å². The smallest absolute Gasteiger partial charge is 0.127 e. The van der Waals surface area contributed by atoms with Crippen LogP contribution in [0.3, 0.4) is 0 Å². The van der Waals surface area contributed by atoms with Gasteiger partial charge in [-0.05, 0) is 187 Å². The minimum Gasteiger partial charge on any atom is -0.457 e. The van der Waals surface area contributed by atoms with Crippen molar-refractivity contribution < 1.29 is 18.3 Å². The average molecular weight is 998 g/mol. The SMILES string of the molecule is C=Cc1ccc(Oc2ccc(C3(c4ccc(F)cc4)c4ccccc4-c4ccc(N(c5ccccc5)c5ccc6c(c5)C(c5ccc(F)cc5)(c5ccc(Oc7ccc(C=C)cc7)cc5)c5ccccc5-6)cc43)cc2)cc1. The van der Waals surface area contributed by atoms with Crippen molar-refractivity contribution in [1.29, 1.82) is 0 Å². The topological polar surface area (TPSA) is 21.7 Å². The first-order chi connectivity index (χ1) is 37.8. The number of ether oxygens (including phenoxy) is 2. The van der Waals surface area contributed by atoms with E-state index in [1.165, 1.54) is 0 Å². The summed E-state index contributed by atoms with van der Waals surface area (Å²) in [5.41, 5.74) is 15.7. The third kappa shape index (κ3) is 7.86. The summed E-state index contributed by atoms with van der Waals surface area (Å²) in [6.45, 7) is 7.78. The van der Waals surface area contributed by atoms with Gasteiger partial charge in [0.1, 0.15) is 34.6 Å². The van der Waals surface area contributed by atoms with Gasteiger partial charge in [-0.25, -0.2) is 8.78 Å². The fraction of sp³-hybridized carbons (Fsp3) is 0.0278. The van der Waals surface area contributed by atoms with Crippen LogP contribution >= 0.6 is 0 Å². The molecule has 5 heteroatoms. The molecule has 0 N–H and O–H groups in total. The highest BCUT2D eigenvalue weighted by atomic mass is 19.1.